The molecule has 1 fully saturated rings. The van der Waals surface area contributed by atoms with E-state index in [4.69, 9.17) is 9.47 Å². The summed E-state index contributed by atoms with van der Waals surface area (Å²) in [6.07, 6.45) is -7.09. The lowest BCUT2D eigenvalue weighted by Crippen LogP contribution is -2.60. The molecule has 0 amide bonds. The van der Waals surface area contributed by atoms with Gasteiger partial charge in [-0.1, -0.05) is 0 Å². The zero-order valence-electron chi connectivity index (χ0n) is 14.0. The molecule has 0 saturated carbocycles. The highest BCUT2D eigenvalue weighted by Crippen LogP contribution is 2.29. The highest BCUT2D eigenvalue weighted by atomic mass is 32.1. The number of carbonyl (C=O) groups excluding carboxylic acids is 1. The number of ether oxygens (including phenoxy) is 2. The van der Waals surface area contributed by atoms with E-state index in [0.29, 0.717) is 5.69 Å². The maximum Gasteiger partial charge on any atom is 0.229 e. The first-order valence-electron chi connectivity index (χ1n) is 8.11. The van der Waals surface area contributed by atoms with Crippen molar-refractivity contribution < 1.29 is 39.8 Å². The Hall–Kier alpha value is -2.08. The Bertz CT molecular complexity index is 781. The van der Waals surface area contributed by atoms with Crippen LogP contribution in [0.15, 0.2) is 29.1 Å². The van der Waals surface area contributed by atoms with Crippen LogP contribution in [-0.2, 0) is 11.2 Å². The number of ketones is 1. The van der Waals surface area contributed by atoms with E-state index in [1.165, 1.54) is 29.5 Å². The van der Waals surface area contributed by atoms with E-state index in [-0.39, 0.29) is 29.3 Å². The molecule has 2 aromatic rings. The number of rotatable bonds is 6. The third-order valence-corrected chi connectivity index (χ3v) is 4.83. The van der Waals surface area contributed by atoms with Crippen LogP contribution in [0.1, 0.15) is 16.1 Å². The molecule has 5 N–H and O–H groups in total. The predicted octanol–water partition coefficient (Wildman–Crippen LogP) is -0.547. The smallest absolute Gasteiger partial charge is 0.229 e. The van der Waals surface area contributed by atoms with E-state index in [1.54, 1.807) is 10.9 Å². The Morgan fingerprint density at radius 1 is 1.22 bits per heavy atom. The molecule has 10 heteroatoms. The first-order chi connectivity index (χ1) is 12.9. The van der Waals surface area contributed by atoms with Crippen LogP contribution < -0.4 is 4.74 Å². The second-order valence-corrected chi connectivity index (χ2v) is 6.79. The van der Waals surface area contributed by atoms with E-state index >= 15 is 0 Å². The largest absolute Gasteiger partial charge is 0.507 e. The summed E-state index contributed by atoms with van der Waals surface area (Å²) < 4.78 is 10.6. The molecule has 27 heavy (non-hydrogen) atoms. The number of aliphatic hydroxyl groups is 4. The van der Waals surface area contributed by atoms with Gasteiger partial charge in [-0.15, -0.1) is 11.3 Å². The van der Waals surface area contributed by atoms with Crippen molar-refractivity contribution in [1.82, 2.24) is 4.98 Å². The molecular formula is C17H19NO8S. The first kappa shape index (κ1) is 19.7. The summed E-state index contributed by atoms with van der Waals surface area (Å²) in [5, 5.41) is 50.5. The molecule has 1 aromatic heterocycles. The molecule has 5 atom stereocenters. The summed E-state index contributed by atoms with van der Waals surface area (Å²) >= 11 is 1.37. The molecule has 1 saturated heterocycles. The van der Waals surface area contributed by atoms with Crippen molar-refractivity contribution in [2.75, 3.05) is 6.61 Å². The van der Waals surface area contributed by atoms with Gasteiger partial charge in [0.1, 0.15) is 35.9 Å². The van der Waals surface area contributed by atoms with Gasteiger partial charge in [-0.2, -0.15) is 0 Å². The number of phenols is 1. The number of carbonyl (C=O) groups is 1. The van der Waals surface area contributed by atoms with Gasteiger partial charge in [0.05, 0.1) is 29.8 Å². The van der Waals surface area contributed by atoms with Crippen molar-refractivity contribution in [1.29, 1.82) is 0 Å². The normalized spacial score (nSPS) is 28.1. The van der Waals surface area contributed by atoms with Crippen molar-refractivity contribution in [3.05, 3.63) is 40.3 Å². The zero-order chi connectivity index (χ0) is 19.6. The molecule has 0 spiro atoms. The molecule has 0 bridgehead atoms. The van der Waals surface area contributed by atoms with Gasteiger partial charge < -0.3 is 35.0 Å². The third kappa shape index (κ3) is 4.26. The highest BCUT2D eigenvalue weighted by molar-refractivity contribution is 7.07. The second-order valence-electron chi connectivity index (χ2n) is 6.07. The topological polar surface area (TPSA) is 150 Å². The van der Waals surface area contributed by atoms with Crippen LogP contribution in [0.4, 0.5) is 0 Å². The standard InChI is InChI=1S/C17H19NO8S/c19-5-13-14(22)15(23)16(24)17(26-13)25-9-1-2-10(12(21)4-9)11(20)3-8-6-27-7-18-8/h1-2,4,6-7,13-17,19,21-24H,3,5H2/t13-,14+,15+,16-,17-/m1/s1. The van der Waals surface area contributed by atoms with Crippen molar-refractivity contribution in [3.8, 4) is 11.5 Å². The van der Waals surface area contributed by atoms with Crippen LogP contribution in [-0.4, -0.2) is 73.6 Å². The Labute approximate surface area is 158 Å². The molecule has 1 aliphatic rings. The van der Waals surface area contributed by atoms with Crippen LogP contribution in [0.25, 0.3) is 0 Å². The molecule has 1 aliphatic heterocycles. The molecule has 0 radical (unpaired) electrons. The Kier molecular flexibility index (Phi) is 6.05. The van der Waals surface area contributed by atoms with Crippen LogP contribution in [0.3, 0.4) is 0 Å². The Morgan fingerprint density at radius 3 is 2.63 bits per heavy atom. The molecular weight excluding hydrogens is 378 g/mol. The van der Waals surface area contributed by atoms with E-state index in [2.05, 4.69) is 4.98 Å². The summed E-state index contributed by atoms with van der Waals surface area (Å²) in [5.74, 6) is -0.572. The van der Waals surface area contributed by atoms with Gasteiger partial charge in [0.25, 0.3) is 0 Å². The minimum Gasteiger partial charge on any atom is -0.507 e. The molecule has 1 aromatic carbocycles. The Morgan fingerprint density at radius 2 is 2.00 bits per heavy atom. The average molecular weight is 397 g/mol. The van der Waals surface area contributed by atoms with Gasteiger partial charge >= 0.3 is 0 Å². The van der Waals surface area contributed by atoms with Gasteiger partial charge in [-0.25, -0.2) is 4.98 Å². The number of phenolic OH excluding ortho intramolecular Hbond substituents is 1. The quantitative estimate of drug-likeness (QED) is 0.405. The zero-order valence-corrected chi connectivity index (χ0v) is 14.8. The first-order valence-corrected chi connectivity index (χ1v) is 9.05. The van der Waals surface area contributed by atoms with Gasteiger partial charge in [-0.05, 0) is 12.1 Å². The van der Waals surface area contributed by atoms with Gasteiger partial charge in [0.15, 0.2) is 5.78 Å². The predicted molar refractivity (Wildman–Crippen MR) is 92.7 cm³/mol. The molecule has 146 valence electrons. The second kappa shape index (κ2) is 8.30. The van der Waals surface area contributed by atoms with E-state index < -0.39 is 37.3 Å². The minimum absolute atomic E-state index is 0.0456. The number of benzene rings is 1. The molecule has 3 rings (SSSR count). The van der Waals surface area contributed by atoms with Crippen molar-refractivity contribution in [3.63, 3.8) is 0 Å². The summed E-state index contributed by atoms with van der Waals surface area (Å²) in [7, 11) is 0. The third-order valence-electron chi connectivity index (χ3n) is 4.20. The number of hydrogen-bond donors (Lipinski definition) is 5. The lowest BCUT2D eigenvalue weighted by atomic mass is 9.99. The summed E-state index contributed by atoms with van der Waals surface area (Å²) in [6, 6.07) is 3.94. The number of aliphatic hydroxyl groups excluding tert-OH is 4. The highest BCUT2D eigenvalue weighted by Gasteiger charge is 2.44. The number of aromatic nitrogens is 1. The summed E-state index contributed by atoms with van der Waals surface area (Å²) in [4.78, 5) is 16.3. The average Bonchev–Trinajstić information content (AvgIpc) is 3.15. The fraction of sp³-hybridized carbons (Fsp3) is 0.412. The summed E-state index contributed by atoms with van der Waals surface area (Å²) in [6.45, 7) is -0.583. The summed E-state index contributed by atoms with van der Waals surface area (Å²) in [5.41, 5.74) is 2.30. The lowest BCUT2D eigenvalue weighted by molar-refractivity contribution is -0.277. The van der Waals surface area contributed by atoms with E-state index in [1.807, 2.05) is 0 Å². The maximum atomic E-state index is 12.3. The van der Waals surface area contributed by atoms with Crippen LogP contribution in [0.2, 0.25) is 0 Å². The van der Waals surface area contributed by atoms with Crippen LogP contribution >= 0.6 is 11.3 Å². The molecule has 9 nitrogen and oxygen atoms in total. The minimum atomic E-state index is -1.58. The number of hydrogen-bond acceptors (Lipinski definition) is 10. The number of nitrogens with zero attached hydrogens (tertiary/aromatic N) is 1. The van der Waals surface area contributed by atoms with Crippen LogP contribution in [0, 0.1) is 0 Å². The number of Topliss-reactive ketones (excluding diaryl/α,β-unsaturated/α-hetero) is 1. The number of thiazole rings is 1. The van der Waals surface area contributed by atoms with E-state index in [9.17, 15) is 30.3 Å². The maximum absolute atomic E-state index is 12.3. The Balaban J connectivity index is 1.71. The van der Waals surface area contributed by atoms with Gasteiger partial charge in [0.2, 0.25) is 6.29 Å². The monoisotopic (exact) mass is 397 g/mol. The van der Waals surface area contributed by atoms with Crippen LogP contribution in [0.5, 0.6) is 11.5 Å². The fourth-order valence-electron chi connectivity index (χ4n) is 2.70. The SMILES string of the molecule is O=C(Cc1cscn1)c1ccc(O[C@@H]2O[C@H](CO)[C@H](O)[C@H](O)[C@H]2O)cc1O. The lowest BCUT2D eigenvalue weighted by Gasteiger charge is -2.39. The molecule has 0 aliphatic carbocycles. The fourth-order valence-corrected chi connectivity index (χ4v) is 3.26. The molecule has 0 unspecified atom stereocenters. The number of aromatic hydroxyl groups is 1. The van der Waals surface area contributed by atoms with E-state index in [0.717, 1.165) is 0 Å². The molecule has 2 heterocycles. The van der Waals surface area contributed by atoms with Gasteiger partial charge in [0, 0.05) is 11.4 Å². The van der Waals surface area contributed by atoms with Gasteiger partial charge in [-0.3, -0.25) is 4.79 Å². The van der Waals surface area contributed by atoms with Crippen molar-refractivity contribution in [2.24, 2.45) is 0 Å². The van der Waals surface area contributed by atoms with Crippen molar-refractivity contribution in [2.45, 2.75) is 37.1 Å². The van der Waals surface area contributed by atoms with Crippen molar-refractivity contribution >= 4 is 17.1 Å².